The fraction of sp³-hybridized carbons (Fsp3) is 0.909. The molecule has 2 aliphatic rings. The van der Waals surface area contributed by atoms with Gasteiger partial charge in [-0.1, -0.05) is 6.92 Å². The monoisotopic (exact) mass is 411 g/mol. The third kappa shape index (κ3) is 6.32. The molecular weight excluding hydrogens is 370 g/mol. The lowest BCUT2D eigenvalue weighted by molar-refractivity contribution is -0.134. The van der Waals surface area contributed by atoms with Gasteiger partial charge in [0.2, 0.25) is 5.91 Å². The first-order valence-corrected chi connectivity index (χ1v) is 11.0. The summed E-state index contributed by atoms with van der Waals surface area (Å²) in [6.07, 6.45) is 3.22. The lowest BCUT2D eigenvalue weighted by atomic mass is 9.83. The molecule has 2 amide bonds. The third-order valence-electron chi connectivity index (χ3n) is 6.52. The number of hydrogen-bond acceptors (Lipinski definition) is 5. The van der Waals surface area contributed by atoms with Crippen molar-refractivity contribution in [2.45, 2.75) is 103 Å². The van der Waals surface area contributed by atoms with Crippen molar-refractivity contribution in [3.63, 3.8) is 0 Å². The Balaban J connectivity index is 2.05. The molecule has 0 atom stereocenters. The molecule has 2 fully saturated rings. The summed E-state index contributed by atoms with van der Waals surface area (Å²) in [5, 5.41) is 6.15. The van der Waals surface area contributed by atoms with Crippen LogP contribution in [0.15, 0.2) is 0 Å². The molecule has 7 nitrogen and oxygen atoms in total. The zero-order valence-corrected chi connectivity index (χ0v) is 19.4. The van der Waals surface area contributed by atoms with E-state index in [1.807, 2.05) is 20.8 Å². The SMILES string of the molecule is CCC(C)(C)N1CCC(C)(NC(=O)C2(NC(=O)OC(C)(C)C)CCOCC2)CC1. The van der Waals surface area contributed by atoms with E-state index in [4.69, 9.17) is 9.47 Å². The Kier molecular flexibility index (Phi) is 7.26. The maximum absolute atomic E-state index is 13.4. The van der Waals surface area contributed by atoms with E-state index in [0.29, 0.717) is 26.1 Å². The van der Waals surface area contributed by atoms with Gasteiger partial charge in [-0.25, -0.2) is 4.79 Å². The van der Waals surface area contributed by atoms with Gasteiger partial charge >= 0.3 is 6.09 Å². The second-order valence-electron chi connectivity index (χ2n) is 10.5. The number of nitrogens with zero attached hydrogens (tertiary/aromatic N) is 1. The van der Waals surface area contributed by atoms with Crippen LogP contribution in [0.1, 0.15) is 80.6 Å². The average Bonchev–Trinajstić information content (AvgIpc) is 2.60. The van der Waals surface area contributed by atoms with Gasteiger partial charge in [-0.15, -0.1) is 0 Å². The second kappa shape index (κ2) is 8.80. The molecule has 29 heavy (non-hydrogen) atoms. The molecule has 0 saturated carbocycles. The van der Waals surface area contributed by atoms with Gasteiger partial charge in [0, 0.05) is 50.2 Å². The number of piperidine rings is 1. The molecule has 0 aromatic carbocycles. The second-order valence-corrected chi connectivity index (χ2v) is 10.5. The summed E-state index contributed by atoms with van der Waals surface area (Å²) in [6, 6.07) is 0. The lowest BCUT2D eigenvalue weighted by Crippen LogP contribution is -2.66. The molecule has 0 bridgehead atoms. The number of amides is 2. The normalized spacial score (nSPS) is 22.6. The summed E-state index contributed by atoms with van der Waals surface area (Å²) in [6.45, 7) is 17.1. The van der Waals surface area contributed by atoms with Crippen LogP contribution in [0, 0.1) is 0 Å². The highest BCUT2D eigenvalue weighted by Crippen LogP contribution is 2.30. The van der Waals surface area contributed by atoms with Crippen LogP contribution in [0.5, 0.6) is 0 Å². The van der Waals surface area contributed by atoms with Gasteiger partial charge < -0.3 is 20.1 Å². The van der Waals surface area contributed by atoms with Crippen LogP contribution in [0.3, 0.4) is 0 Å². The molecular formula is C22H41N3O4. The number of rotatable bonds is 5. The smallest absolute Gasteiger partial charge is 0.408 e. The summed E-state index contributed by atoms with van der Waals surface area (Å²) in [5.74, 6) is -0.127. The number of carbonyl (C=O) groups excluding carboxylic acids is 2. The van der Waals surface area contributed by atoms with Crippen LogP contribution in [-0.2, 0) is 14.3 Å². The maximum atomic E-state index is 13.4. The predicted octanol–water partition coefficient (Wildman–Crippen LogP) is 3.22. The zero-order chi connectivity index (χ0) is 21.9. The zero-order valence-electron chi connectivity index (χ0n) is 19.4. The summed E-state index contributed by atoms with van der Waals surface area (Å²) in [5.41, 5.74) is -1.70. The molecule has 0 radical (unpaired) electrons. The van der Waals surface area contributed by atoms with E-state index in [1.54, 1.807) is 0 Å². The fourth-order valence-corrected chi connectivity index (χ4v) is 3.98. The van der Waals surface area contributed by atoms with E-state index in [9.17, 15) is 9.59 Å². The molecule has 0 spiro atoms. The number of carbonyl (C=O) groups is 2. The highest BCUT2D eigenvalue weighted by molar-refractivity contribution is 5.90. The lowest BCUT2D eigenvalue weighted by Gasteiger charge is -2.48. The number of alkyl carbamates (subject to hydrolysis) is 1. The van der Waals surface area contributed by atoms with Gasteiger partial charge in [-0.05, 0) is 60.8 Å². The first-order chi connectivity index (χ1) is 13.3. The highest BCUT2D eigenvalue weighted by Gasteiger charge is 2.45. The van der Waals surface area contributed by atoms with Crippen molar-refractivity contribution in [1.82, 2.24) is 15.5 Å². The summed E-state index contributed by atoms with van der Waals surface area (Å²) >= 11 is 0. The highest BCUT2D eigenvalue weighted by atomic mass is 16.6. The number of likely N-dealkylation sites (tertiary alicyclic amines) is 1. The molecule has 2 rings (SSSR count). The van der Waals surface area contributed by atoms with Crippen LogP contribution in [0.25, 0.3) is 0 Å². The van der Waals surface area contributed by atoms with Crippen LogP contribution >= 0.6 is 0 Å². The van der Waals surface area contributed by atoms with Gasteiger partial charge in [0.25, 0.3) is 0 Å². The van der Waals surface area contributed by atoms with Gasteiger partial charge in [0.05, 0.1) is 0 Å². The van der Waals surface area contributed by atoms with Crippen LogP contribution in [-0.4, -0.2) is 65.4 Å². The van der Waals surface area contributed by atoms with E-state index >= 15 is 0 Å². The van der Waals surface area contributed by atoms with Crippen molar-refractivity contribution in [2.24, 2.45) is 0 Å². The average molecular weight is 412 g/mol. The Bertz CT molecular complexity index is 583. The predicted molar refractivity (Wildman–Crippen MR) is 114 cm³/mol. The van der Waals surface area contributed by atoms with Gasteiger partial charge in [-0.3, -0.25) is 9.69 Å². The molecule has 7 heteroatoms. The van der Waals surface area contributed by atoms with Crippen molar-refractivity contribution in [3.05, 3.63) is 0 Å². The molecule has 2 saturated heterocycles. The fourth-order valence-electron chi connectivity index (χ4n) is 3.98. The van der Waals surface area contributed by atoms with Crippen molar-refractivity contribution in [3.8, 4) is 0 Å². The molecule has 0 aromatic heterocycles. The minimum atomic E-state index is -0.983. The first-order valence-electron chi connectivity index (χ1n) is 11.0. The van der Waals surface area contributed by atoms with E-state index in [0.717, 1.165) is 32.4 Å². The number of hydrogen-bond donors (Lipinski definition) is 2. The Hall–Kier alpha value is -1.34. The van der Waals surface area contributed by atoms with E-state index in [2.05, 4.69) is 43.2 Å². The Labute approximate surface area is 176 Å². The van der Waals surface area contributed by atoms with Gasteiger partial charge in [-0.2, -0.15) is 0 Å². The Morgan fingerprint density at radius 2 is 1.55 bits per heavy atom. The number of ether oxygens (including phenoxy) is 2. The van der Waals surface area contributed by atoms with E-state index < -0.39 is 17.2 Å². The topological polar surface area (TPSA) is 79.9 Å². The van der Waals surface area contributed by atoms with Crippen LogP contribution in [0.4, 0.5) is 4.79 Å². The van der Waals surface area contributed by atoms with Gasteiger partial charge in [0.15, 0.2) is 0 Å². The molecule has 0 aliphatic carbocycles. The Morgan fingerprint density at radius 1 is 1.00 bits per heavy atom. The maximum Gasteiger partial charge on any atom is 0.408 e. The minimum absolute atomic E-state index is 0.127. The first kappa shape index (κ1) is 23.9. The van der Waals surface area contributed by atoms with E-state index in [-0.39, 0.29) is 17.0 Å². The Morgan fingerprint density at radius 3 is 2.03 bits per heavy atom. The molecule has 0 aromatic rings. The van der Waals surface area contributed by atoms with Crippen molar-refractivity contribution in [2.75, 3.05) is 26.3 Å². The molecule has 168 valence electrons. The summed E-state index contributed by atoms with van der Waals surface area (Å²) in [7, 11) is 0. The standard InChI is InChI=1S/C22H41N3O4/c1-8-20(5,6)25-13-9-21(7,10-14-25)23-17(26)22(11-15-28-16-12-22)24-18(27)29-19(2,3)4/h8-16H2,1-7H3,(H,23,26)(H,24,27). The van der Waals surface area contributed by atoms with Crippen LogP contribution < -0.4 is 10.6 Å². The molecule has 2 heterocycles. The molecule has 2 N–H and O–H groups in total. The molecule has 0 unspecified atom stereocenters. The quantitative estimate of drug-likeness (QED) is 0.726. The summed E-state index contributed by atoms with van der Waals surface area (Å²) < 4.78 is 10.9. The van der Waals surface area contributed by atoms with Gasteiger partial charge in [0.1, 0.15) is 11.1 Å². The third-order valence-corrected chi connectivity index (χ3v) is 6.52. The van der Waals surface area contributed by atoms with Crippen molar-refractivity contribution >= 4 is 12.0 Å². The van der Waals surface area contributed by atoms with Crippen molar-refractivity contribution < 1.29 is 19.1 Å². The van der Waals surface area contributed by atoms with Crippen molar-refractivity contribution in [1.29, 1.82) is 0 Å². The largest absolute Gasteiger partial charge is 0.444 e. The van der Waals surface area contributed by atoms with E-state index in [1.165, 1.54) is 0 Å². The molecule has 2 aliphatic heterocycles. The number of nitrogens with one attached hydrogen (secondary N) is 2. The van der Waals surface area contributed by atoms with Crippen LogP contribution in [0.2, 0.25) is 0 Å². The summed E-state index contributed by atoms with van der Waals surface area (Å²) in [4.78, 5) is 28.3. The minimum Gasteiger partial charge on any atom is -0.444 e.